The number of ether oxygens (including phenoxy) is 1. The van der Waals surface area contributed by atoms with E-state index in [1.807, 2.05) is 25.1 Å². The van der Waals surface area contributed by atoms with Crippen LogP contribution in [0.3, 0.4) is 0 Å². The standard InChI is InChI=1S/C20H24N2O3/c1-13(2)19-9-8-18(10-14(19)3)25-12-20(24)22-17-7-5-6-16(11-17)21-15(4)23/h5-11,13H,12H2,1-4H3,(H,21,23)(H,22,24). The zero-order valence-corrected chi connectivity index (χ0v) is 15.1. The van der Waals surface area contributed by atoms with Gasteiger partial charge in [0, 0.05) is 18.3 Å². The third kappa shape index (κ3) is 5.64. The fourth-order valence-electron chi connectivity index (χ4n) is 2.61. The number of hydrogen-bond acceptors (Lipinski definition) is 3. The third-order valence-electron chi connectivity index (χ3n) is 3.70. The van der Waals surface area contributed by atoms with Gasteiger partial charge in [0.15, 0.2) is 6.61 Å². The summed E-state index contributed by atoms with van der Waals surface area (Å²) in [6, 6.07) is 12.8. The first kappa shape index (κ1) is 18.5. The van der Waals surface area contributed by atoms with Crippen LogP contribution in [0.1, 0.15) is 37.8 Å². The minimum absolute atomic E-state index is 0.0785. The Bertz CT molecular complexity index is 769. The van der Waals surface area contributed by atoms with Gasteiger partial charge in [-0.3, -0.25) is 9.59 Å². The van der Waals surface area contributed by atoms with Crippen molar-refractivity contribution in [1.82, 2.24) is 0 Å². The SMILES string of the molecule is CC(=O)Nc1cccc(NC(=O)COc2ccc(C(C)C)c(C)c2)c1. The van der Waals surface area contributed by atoms with Crippen molar-refractivity contribution in [3.63, 3.8) is 0 Å². The molecule has 0 aromatic heterocycles. The summed E-state index contributed by atoms with van der Waals surface area (Å²) in [7, 11) is 0. The maximum atomic E-state index is 12.1. The van der Waals surface area contributed by atoms with Gasteiger partial charge in [-0.15, -0.1) is 0 Å². The van der Waals surface area contributed by atoms with E-state index in [2.05, 4.69) is 24.5 Å². The first-order valence-electron chi connectivity index (χ1n) is 8.26. The van der Waals surface area contributed by atoms with Crippen LogP contribution in [0.15, 0.2) is 42.5 Å². The molecular formula is C20H24N2O3. The molecule has 0 bridgehead atoms. The molecule has 0 spiro atoms. The van der Waals surface area contributed by atoms with E-state index in [9.17, 15) is 9.59 Å². The van der Waals surface area contributed by atoms with Gasteiger partial charge in [-0.2, -0.15) is 0 Å². The van der Waals surface area contributed by atoms with Gasteiger partial charge in [0.25, 0.3) is 5.91 Å². The number of rotatable bonds is 6. The van der Waals surface area contributed by atoms with Crippen molar-refractivity contribution in [3.05, 3.63) is 53.6 Å². The van der Waals surface area contributed by atoms with Gasteiger partial charge in [0.2, 0.25) is 5.91 Å². The van der Waals surface area contributed by atoms with Crippen LogP contribution in [0.25, 0.3) is 0 Å². The van der Waals surface area contributed by atoms with Crippen molar-refractivity contribution in [2.24, 2.45) is 0 Å². The van der Waals surface area contributed by atoms with Crippen LogP contribution < -0.4 is 15.4 Å². The number of hydrogen-bond donors (Lipinski definition) is 2. The number of aryl methyl sites for hydroxylation is 1. The number of amides is 2. The monoisotopic (exact) mass is 340 g/mol. The summed E-state index contributed by atoms with van der Waals surface area (Å²) >= 11 is 0. The normalized spacial score (nSPS) is 10.4. The Morgan fingerprint density at radius 1 is 1.04 bits per heavy atom. The molecule has 0 fully saturated rings. The molecule has 0 aliphatic heterocycles. The van der Waals surface area contributed by atoms with Crippen molar-refractivity contribution in [2.45, 2.75) is 33.6 Å². The quantitative estimate of drug-likeness (QED) is 0.832. The lowest BCUT2D eigenvalue weighted by Crippen LogP contribution is -2.20. The second-order valence-corrected chi connectivity index (χ2v) is 6.27. The number of anilines is 2. The summed E-state index contributed by atoms with van der Waals surface area (Å²) in [5.41, 5.74) is 3.65. The minimum Gasteiger partial charge on any atom is -0.484 e. The van der Waals surface area contributed by atoms with Gasteiger partial charge in [-0.05, 0) is 54.3 Å². The van der Waals surface area contributed by atoms with Crippen molar-refractivity contribution >= 4 is 23.2 Å². The largest absolute Gasteiger partial charge is 0.484 e. The smallest absolute Gasteiger partial charge is 0.262 e. The molecule has 132 valence electrons. The maximum Gasteiger partial charge on any atom is 0.262 e. The minimum atomic E-state index is -0.259. The highest BCUT2D eigenvalue weighted by atomic mass is 16.5. The summed E-state index contributed by atoms with van der Waals surface area (Å²) in [4.78, 5) is 23.1. The maximum absolute atomic E-state index is 12.1. The van der Waals surface area contributed by atoms with Crippen LogP contribution in [-0.4, -0.2) is 18.4 Å². The lowest BCUT2D eigenvalue weighted by molar-refractivity contribution is -0.118. The fraction of sp³-hybridized carbons (Fsp3) is 0.300. The van der Waals surface area contributed by atoms with E-state index in [1.54, 1.807) is 24.3 Å². The summed E-state index contributed by atoms with van der Waals surface area (Å²) in [6.07, 6.45) is 0. The molecule has 0 aliphatic rings. The zero-order valence-electron chi connectivity index (χ0n) is 15.1. The van der Waals surface area contributed by atoms with Crippen molar-refractivity contribution < 1.29 is 14.3 Å². The molecule has 5 nitrogen and oxygen atoms in total. The Morgan fingerprint density at radius 3 is 2.32 bits per heavy atom. The number of carbonyl (C=O) groups is 2. The molecule has 2 amide bonds. The highest BCUT2D eigenvalue weighted by Gasteiger charge is 2.08. The van der Waals surface area contributed by atoms with Crippen LogP contribution in [0.4, 0.5) is 11.4 Å². The van der Waals surface area contributed by atoms with Gasteiger partial charge in [0.05, 0.1) is 0 Å². The summed E-state index contributed by atoms with van der Waals surface area (Å²) < 4.78 is 5.57. The summed E-state index contributed by atoms with van der Waals surface area (Å²) in [6.45, 7) is 7.68. The Morgan fingerprint density at radius 2 is 1.72 bits per heavy atom. The predicted molar refractivity (Wildman–Crippen MR) is 100 cm³/mol. The van der Waals surface area contributed by atoms with E-state index in [1.165, 1.54) is 12.5 Å². The van der Waals surface area contributed by atoms with E-state index in [-0.39, 0.29) is 18.4 Å². The average molecular weight is 340 g/mol. The zero-order chi connectivity index (χ0) is 18.4. The molecule has 2 N–H and O–H groups in total. The Kier molecular flexibility index (Phi) is 6.17. The van der Waals surface area contributed by atoms with Crippen LogP contribution in [0.2, 0.25) is 0 Å². The Balaban J connectivity index is 1.93. The highest BCUT2D eigenvalue weighted by Crippen LogP contribution is 2.23. The van der Waals surface area contributed by atoms with Crippen LogP contribution in [0.5, 0.6) is 5.75 Å². The molecule has 0 heterocycles. The van der Waals surface area contributed by atoms with E-state index >= 15 is 0 Å². The average Bonchev–Trinajstić information content (AvgIpc) is 2.52. The van der Waals surface area contributed by atoms with Gasteiger partial charge >= 0.3 is 0 Å². The van der Waals surface area contributed by atoms with Gasteiger partial charge in [-0.25, -0.2) is 0 Å². The van der Waals surface area contributed by atoms with Crippen molar-refractivity contribution in [1.29, 1.82) is 0 Å². The highest BCUT2D eigenvalue weighted by molar-refractivity contribution is 5.94. The second-order valence-electron chi connectivity index (χ2n) is 6.27. The number of benzene rings is 2. The summed E-state index contributed by atoms with van der Waals surface area (Å²) in [5, 5.41) is 5.43. The van der Waals surface area contributed by atoms with Crippen molar-refractivity contribution in [3.8, 4) is 5.75 Å². The molecule has 0 radical (unpaired) electrons. The predicted octanol–water partition coefficient (Wildman–Crippen LogP) is 4.09. The van der Waals surface area contributed by atoms with E-state index in [0.717, 1.165) is 5.56 Å². The first-order chi connectivity index (χ1) is 11.8. The van der Waals surface area contributed by atoms with Crippen molar-refractivity contribution in [2.75, 3.05) is 17.2 Å². The molecule has 2 aromatic carbocycles. The molecule has 25 heavy (non-hydrogen) atoms. The van der Waals surface area contributed by atoms with E-state index in [0.29, 0.717) is 23.0 Å². The third-order valence-corrected chi connectivity index (χ3v) is 3.70. The molecule has 5 heteroatoms. The molecular weight excluding hydrogens is 316 g/mol. The van der Waals surface area contributed by atoms with Crippen LogP contribution in [-0.2, 0) is 9.59 Å². The van der Waals surface area contributed by atoms with E-state index in [4.69, 9.17) is 4.74 Å². The Hall–Kier alpha value is -2.82. The Labute approximate surface area is 148 Å². The first-order valence-corrected chi connectivity index (χ1v) is 8.26. The lowest BCUT2D eigenvalue weighted by atomic mass is 9.98. The van der Waals surface area contributed by atoms with Crippen LogP contribution >= 0.6 is 0 Å². The molecule has 0 aliphatic carbocycles. The van der Waals surface area contributed by atoms with E-state index < -0.39 is 0 Å². The molecule has 0 saturated carbocycles. The lowest BCUT2D eigenvalue weighted by Gasteiger charge is -2.13. The van der Waals surface area contributed by atoms with Crippen LogP contribution in [0, 0.1) is 6.92 Å². The molecule has 0 unspecified atom stereocenters. The van der Waals surface area contributed by atoms with Gasteiger partial charge in [0.1, 0.15) is 5.75 Å². The molecule has 2 aromatic rings. The second kappa shape index (κ2) is 8.33. The number of nitrogens with one attached hydrogen (secondary N) is 2. The summed E-state index contributed by atoms with van der Waals surface area (Å²) in [5.74, 6) is 0.704. The molecule has 2 rings (SSSR count). The topological polar surface area (TPSA) is 67.4 Å². The number of carbonyl (C=O) groups excluding carboxylic acids is 2. The van der Waals surface area contributed by atoms with Gasteiger partial charge < -0.3 is 15.4 Å². The molecule has 0 saturated heterocycles. The molecule has 0 atom stereocenters. The van der Waals surface area contributed by atoms with Gasteiger partial charge in [-0.1, -0.05) is 26.0 Å². The fourth-order valence-corrected chi connectivity index (χ4v) is 2.61.